The third kappa shape index (κ3) is 4.87. The highest BCUT2D eigenvalue weighted by molar-refractivity contribution is 5.79. The maximum Gasteiger partial charge on any atom is 0.309 e. The Bertz CT molecular complexity index is 1240. The summed E-state index contributed by atoms with van der Waals surface area (Å²) in [7, 11) is 0. The fourth-order valence-corrected chi connectivity index (χ4v) is 5.66. The first-order chi connectivity index (χ1) is 17.0. The van der Waals surface area contributed by atoms with Crippen molar-refractivity contribution in [2.24, 2.45) is 5.92 Å². The molecule has 2 fully saturated rings. The lowest BCUT2D eigenvalue weighted by atomic mass is 9.93. The van der Waals surface area contributed by atoms with Crippen LogP contribution in [0, 0.1) is 12.8 Å². The van der Waals surface area contributed by atoms with Crippen LogP contribution < -0.4 is 5.56 Å². The van der Waals surface area contributed by atoms with Crippen molar-refractivity contribution in [3.8, 4) is 0 Å². The molecular formula is C26H34N6O3. The first kappa shape index (κ1) is 23.7. The lowest BCUT2D eigenvalue weighted by Gasteiger charge is -2.36. The zero-order chi connectivity index (χ0) is 24.4. The molecule has 0 bridgehead atoms. The molecule has 5 rings (SSSR count). The summed E-state index contributed by atoms with van der Waals surface area (Å²) >= 11 is 0. The number of hydrogen-bond donors (Lipinski definition) is 1. The summed E-state index contributed by atoms with van der Waals surface area (Å²) in [6, 6.07) is 7.88. The summed E-state index contributed by atoms with van der Waals surface area (Å²) in [6.45, 7) is 5.60. The van der Waals surface area contributed by atoms with Crippen molar-refractivity contribution in [3.63, 3.8) is 0 Å². The van der Waals surface area contributed by atoms with Gasteiger partial charge in [-0.05, 0) is 73.5 Å². The van der Waals surface area contributed by atoms with Crippen molar-refractivity contribution in [1.82, 2.24) is 30.1 Å². The molecule has 1 aliphatic heterocycles. The number of aromatic nitrogens is 5. The van der Waals surface area contributed by atoms with Gasteiger partial charge in [0, 0.05) is 24.2 Å². The average Bonchev–Trinajstić information content (AvgIpc) is 3.35. The van der Waals surface area contributed by atoms with Crippen LogP contribution in [0.2, 0.25) is 0 Å². The summed E-state index contributed by atoms with van der Waals surface area (Å²) in [6.07, 6.45) is 7.02. The molecule has 1 aromatic carbocycles. The van der Waals surface area contributed by atoms with E-state index in [4.69, 9.17) is 4.74 Å². The second-order valence-electron chi connectivity index (χ2n) is 9.88. The molecule has 0 radical (unpaired) electrons. The molecule has 1 saturated carbocycles. The van der Waals surface area contributed by atoms with Gasteiger partial charge in [-0.25, -0.2) is 4.68 Å². The summed E-state index contributed by atoms with van der Waals surface area (Å²) < 4.78 is 7.22. The van der Waals surface area contributed by atoms with E-state index in [0.717, 1.165) is 42.1 Å². The van der Waals surface area contributed by atoms with E-state index in [9.17, 15) is 9.59 Å². The smallest absolute Gasteiger partial charge is 0.309 e. The number of nitrogens with zero attached hydrogens (tertiary/aromatic N) is 5. The minimum absolute atomic E-state index is 0.112. The normalized spacial score (nSPS) is 19.1. The van der Waals surface area contributed by atoms with Crippen LogP contribution in [0.15, 0.2) is 29.1 Å². The fraction of sp³-hybridized carbons (Fsp3) is 0.577. The maximum absolute atomic E-state index is 13.4. The largest absolute Gasteiger partial charge is 0.466 e. The predicted molar refractivity (Wildman–Crippen MR) is 132 cm³/mol. The minimum Gasteiger partial charge on any atom is -0.466 e. The van der Waals surface area contributed by atoms with E-state index < -0.39 is 0 Å². The molecule has 1 N–H and O–H groups in total. The standard InChI is InChI=1S/C26H34N6O3/c1-3-35-26(34)18-11-13-31(14-12-18)23(24-28-29-30-32(24)20-7-5-4-6-8-20)21-16-19-15-17(2)9-10-22(19)27-25(21)33/h9-10,15-16,18,20,23H,3-8,11-14H2,1-2H3,(H,27,33)/t23-/m1/s1. The van der Waals surface area contributed by atoms with Gasteiger partial charge in [0.15, 0.2) is 5.82 Å². The second kappa shape index (κ2) is 10.3. The number of carbonyl (C=O) groups excluding carboxylic acids is 1. The van der Waals surface area contributed by atoms with Crippen molar-refractivity contribution in [3.05, 3.63) is 51.6 Å². The van der Waals surface area contributed by atoms with Crippen molar-refractivity contribution in [1.29, 1.82) is 0 Å². The highest BCUT2D eigenvalue weighted by atomic mass is 16.5. The number of benzene rings is 1. The molecule has 1 atom stereocenters. The molecule has 9 heteroatoms. The number of rotatable bonds is 6. The molecule has 0 amide bonds. The van der Waals surface area contributed by atoms with E-state index in [2.05, 4.69) is 31.5 Å². The Morgan fingerprint density at radius 3 is 2.66 bits per heavy atom. The number of piperidine rings is 1. The summed E-state index contributed by atoms with van der Waals surface area (Å²) in [5.74, 6) is 0.470. The van der Waals surface area contributed by atoms with Gasteiger partial charge in [-0.1, -0.05) is 30.9 Å². The van der Waals surface area contributed by atoms with Gasteiger partial charge in [0.1, 0.15) is 6.04 Å². The molecule has 9 nitrogen and oxygen atoms in total. The van der Waals surface area contributed by atoms with Crippen LogP contribution in [0.1, 0.15) is 80.9 Å². The number of fused-ring (bicyclic) bond motifs is 1. The maximum atomic E-state index is 13.4. The van der Waals surface area contributed by atoms with Gasteiger partial charge in [-0.2, -0.15) is 0 Å². The number of pyridine rings is 1. The second-order valence-corrected chi connectivity index (χ2v) is 9.88. The number of ether oxygens (including phenoxy) is 1. The van der Waals surface area contributed by atoms with Gasteiger partial charge < -0.3 is 9.72 Å². The SMILES string of the molecule is CCOC(=O)C1CCN([C@H](c2cc3cc(C)ccc3[nH]c2=O)c2nnnn2C2CCCCC2)CC1. The Labute approximate surface area is 204 Å². The Balaban J connectivity index is 1.54. The van der Waals surface area contributed by atoms with Crippen molar-refractivity contribution in [2.45, 2.75) is 70.9 Å². The number of carbonyl (C=O) groups is 1. The number of nitrogens with one attached hydrogen (secondary N) is 1. The van der Waals surface area contributed by atoms with E-state index in [1.807, 2.05) is 36.7 Å². The number of hydrogen-bond acceptors (Lipinski definition) is 7. The summed E-state index contributed by atoms with van der Waals surface area (Å²) in [5.41, 5.74) is 2.46. The molecule has 1 saturated heterocycles. The monoisotopic (exact) mass is 478 g/mol. The van der Waals surface area contributed by atoms with Gasteiger partial charge in [0.25, 0.3) is 5.56 Å². The summed E-state index contributed by atoms with van der Waals surface area (Å²) in [5, 5.41) is 13.9. The Morgan fingerprint density at radius 2 is 1.91 bits per heavy atom. The molecule has 3 heterocycles. The van der Waals surface area contributed by atoms with E-state index in [1.165, 1.54) is 6.42 Å². The van der Waals surface area contributed by atoms with Crippen LogP contribution in [0.3, 0.4) is 0 Å². The van der Waals surface area contributed by atoms with Crippen LogP contribution in [-0.4, -0.2) is 55.8 Å². The van der Waals surface area contributed by atoms with E-state index in [-0.39, 0.29) is 29.5 Å². The van der Waals surface area contributed by atoms with Crippen LogP contribution in [0.5, 0.6) is 0 Å². The van der Waals surface area contributed by atoms with Gasteiger partial charge >= 0.3 is 5.97 Å². The Morgan fingerprint density at radius 1 is 1.14 bits per heavy atom. The van der Waals surface area contributed by atoms with Crippen molar-refractivity contribution < 1.29 is 9.53 Å². The van der Waals surface area contributed by atoms with Crippen LogP contribution in [0.4, 0.5) is 0 Å². The molecule has 1 aliphatic carbocycles. The molecule has 186 valence electrons. The molecular weight excluding hydrogens is 444 g/mol. The number of likely N-dealkylation sites (tertiary alicyclic amines) is 1. The zero-order valence-electron chi connectivity index (χ0n) is 20.6. The lowest BCUT2D eigenvalue weighted by Crippen LogP contribution is -2.42. The molecule has 35 heavy (non-hydrogen) atoms. The average molecular weight is 479 g/mol. The van der Waals surface area contributed by atoms with Gasteiger partial charge in [0.05, 0.1) is 18.6 Å². The third-order valence-electron chi connectivity index (χ3n) is 7.52. The lowest BCUT2D eigenvalue weighted by molar-refractivity contribution is -0.149. The first-order valence-corrected chi connectivity index (χ1v) is 12.9. The quantitative estimate of drug-likeness (QED) is 0.539. The van der Waals surface area contributed by atoms with Gasteiger partial charge in [-0.15, -0.1) is 5.10 Å². The number of tetrazole rings is 1. The molecule has 3 aromatic rings. The zero-order valence-corrected chi connectivity index (χ0v) is 20.6. The van der Waals surface area contributed by atoms with E-state index >= 15 is 0 Å². The number of aromatic amines is 1. The van der Waals surface area contributed by atoms with Gasteiger partial charge in [0.2, 0.25) is 0 Å². The van der Waals surface area contributed by atoms with Crippen molar-refractivity contribution in [2.75, 3.05) is 19.7 Å². The van der Waals surface area contributed by atoms with Crippen LogP contribution in [-0.2, 0) is 9.53 Å². The molecule has 2 aliphatic rings. The number of aryl methyl sites for hydroxylation is 1. The third-order valence-corrected chi connectivity index (χ3v) is 7.52. The van der Waals surface area contributed by atoms with E-state index in [1.54, 1.807) is 0 Å². The molecule has 2 aromatic heterocycles. The minimum atomic E-state index is -0.385. The topological polar surface area (TPSA) is 106 Å². The Hall–Kier alpha value is -3.07. The van der Waals surface area contributed by atoms with Gasteiger partial charge in [-0.3, -0.25) is 14.5 Å². The fourth-order valence-electron chi connectivity index (χ4n) is 5.66. The van der Waals surface area contributed by atoms with Crippen LogP contribution >= 0.6 is 0 Å². The molecule has 0 unspecified atom stereocenters. The first-order valence-electron chi connectivity index (χ1n) is 12.9. The summed E-state index contributed by atoms with van der Waals surface area (Å²) in [4.78, 5) is 31.1. The predicted octanol–water partition coefficient (Wildman–Crippen LogP) is 3.69. The highest BCUT2D eigenvalue weighted by Crippen LogP contribution is 2.35. The Kier molecular flexibility index (Phi) is 6.95. The van der Waals surface area contributed by atoms with Crippen molar-refractivity contribution >= 4 is 16.9 Å². The molecule has 0 spiro atoms. The van der Waals surface area contributed by atoms with Crippen LogP contribution in [0.25, 0.3) is 10.9 Å². The highest BCUT2D eigenvalue weighted by Gasteiger charge is 2.36. The number of esters is 1. The number of H-pyrrole nitrogens is 1. The van der Waals surface area contributed by atoms with E-state index in [0.29, 0.717) is 43.9 Å².